The van der Waals surface area contributed by atoms with Crippen molar-refractivity contribution >= 4 is 5.70 Å². The minimum absolute atomic E-state index is 0.796. The molecule has 2 aromatic carbocycles. The molecule has 0 spiro atoms. The standard InChI is InChI=1S/C16H14N4/c1-13(19-20-11-17-18-12-20)14-7-9-16(10-8-14)15-5-3-2-4-6-15/h2-12,19H,1H2. The van der Waals surface area contributed by atoms with Crippen LogP contribution < -0.4 is 5.43 Å². The van der Waals surface area contributed by atoms with Gasteiger partial charge in [-0.15, -0.1) is 10.2 Å². The van der Waals surface area contributed by atoms with Crippen molar-refractivity contribution in [2.45, 2.75) is 0 Å². The molecule has 4 heteroatoms. The molecular weight excluding hydrogens is 248 g/mol. The average molecular weight is 262 g/mol. The molecule has 1 heterocycles. The minimum Gasteiger partial charge on any atom is -0.292 e. The van der Waals surface area contributed by atoms with Crippen LogP contribution in [-0.2, 0) is 0 Å². The van der Waals surface area contributed by atoms with E-state index in [1.54, 1.807) is 17.3 Å². The largest absolute Gasteiger partial charge is 0.292 e. The summed E-state index contributed by atoms with van der Waals surface area (Å²) >= 11 is 0. The van der Waals surface area contributed by atoms with E-state index >= 15 is 0 Å². The van der Waals surface area contributed by atoms with Gasteiger partial charge in [0.25, 0.3) is 0 Å². The van der Waals surface area contributed by atoms with E-state index in [-0.39, 0.29) is 0 Å². The van der Waals surface area contributed by atoms with Gasteiger partial charge in [-0.3, -0.25) is 5.43 Å². The SMILES string of the molecule is C=C(Nn1cnnc1)c1ccc(-c2ccccc2)cc1. The van der Waals surface area contributed by atoms with Crippen LogP contribution in [0.3, 0.4) is 0 Å². The molecular formula is C16H14N4. The van der Waals surface area contributed by atoms with Crippen molar-refractivity contribution in [2.24, 2.45) is 0 Å². The van der Waals surface area contributed by atoms with E-state index in [4.69, 9.17) is 0 Å². The highest BCUT2D eigenvalue weighted by Crippen LogP contribution is 2.21. The van der Waals surface area contributed by atoms with Gasteiger partial charge < -0.3 is 0 Å². The lowest BCUT2D eigenvalue weighted by atomic mass is 10.0. The lowest BCUT2D eigenvalue weighted by Gasteiger charge is -2.10. The van der Waals surface area contributed by atoms with Gasteiger partial charge in [0, 0.05) is 0 Å². The molecule has 0 saturated carbocycles. The highest BCUT2D eigenvalue weighted by molar-refractivity contribution is 5.71. The van der Waals surface area contributed by atoms with Crippen molar-refractivity contribution in [3.8, 4) is 11.1 Å². The monoisotopic (exact) mass is 262 g/mol. The Morgan fingerprint density at radius 2 is 1.45 bits per heavy atom. The summed E-state index contributed by atoms with van der Waals surface area (Å²) in [5.74, 6) is 0. The first-order valence-electron chi connectivity index (χ1n) is 6.29. The maximum atomic E-state index is 4.01. The molecule has 1 N–H and O–H groups in total. The zero-order valence-electron chi connectivity index (χ0n) is 10.9. The zero-order chi connectivity index (χ0) is 13.8. The molecule has 98 valence electrons. The van der Waals surface area contributed by atoms with Crippen molar-refractivity contribution in [3.63, 3.8) is 0 Å². The summed E-state index contributed by atoms with van der Waals surface area (Å²) in [5, 5.41) is 7.46. The van der Waals surface area contributed by atoms with E-state index in [9.17, 15) is 0 Å². The van der Waals surface area contributed by atoms with E-state index in [1.165, 1.54) is 11.1 Å². The van der Waals surface area contributed by atoms with E-state index in [1.807, 2.05) is 30.3 Å². The van der Waals surface area contributed by atoms with Crippen molar-refractivity contribution in [2.75, 3.05) is 5.43 Å². The number of aromatic nitrogens is 3. The van der Waals surface area contributed by atoms with Gasteiger partial charge in [-0.05, 0) is 16.7 Å². The van der Waals surface area contributed by atoms with Gasteiger partial charge in [-0.25, -0.2) is 4.68 Å². The van der Waals surface area contributed by atoms with E-state index in [2.05, 4.69) is 46.5 Å². The first-order chi connectivity index (χ1) is 9.83. The summed E-state index contributed by atoms with van der Waals surface area (Å²) in [6, 6.07) is 18.5. The van der Waals surface area contributed by atoms with E-state index < -0.39 is 0 Å². The number of hydrogen-bond acceptors (Lipinski definition) is 3. The minimum atomic E-state index is 0.796. The average Bonchev–Trinajstić information content (AvgIpc) is 3.01. The summed E-state index contributed by atoms with van der Waals surface area (Å²) in [5.41, 5.74) is 7.31. The Morgan fingerprint density at radius 3 is 2.10 bits per heavy atom. The summed E-state index contributed by atoms with van der Waals surface area (Å²) in [7, 11) is 0. The molecule has 0 radical (unpaired) electrons. The van der Waals surface area contributed by atoms with Crippen LogP contribution in [0.4, 0.5) is 0 Å². The smallest absolute Gasteiger partial charge is 0.139 e. The molecule has 0 atom stereocenters. The molecule has 3 rings (SSSR count). The van der Waals surface area contributed by atoms with Crippen molar-refractivity contribution in [1.29, 1.82) is 0 Å². The fourth-order valence-corrected chi connectivity index (χ4v) is 1.97. The highest BCUT2D eigenvalue weighted by atomic mass is 15.5. The third kappa shape index (κ3) is 2.59. The van der Waals surface area contributed by atoms with Crippen LogP contribution in [-0.4, -0.2) is 14.9 Å². The Bertz CT molecular complexity index is 685. The van der Waals surface area contributed by atoms with Crippen LogP contribution in [0.2, 0.25) is 0 Å². The summed E-state index contributed by atoms with van der Waals surface area (Å²) < 4.78 is 1.66. The summed E-state index contributed by atoms with van der Waals surface area (Å²) in [6.07, 6.45) is 3.17. The number of benzene rings is 2. The quantitative estimate of drug-likeness (QED) is 0.785. The second-order valence-corrected chi connectivity index (χ2v) is 4.40. The lowest BCUT2D eigenvalue weighted by Crippen LogP contribution is -2.10. The molecule has 0 saturated heterocycles. The number of hydrogen-bond donors (Lipinski definition) is 1. The molecule has 20 heavy (non-hydrogen) atoms. The van der Waals surface area contributed by atoms with Crippen molar-refractivity contribution < 1.29 is 0 Å². The molecule has 1 aromatic heterocycles. The Kier molecular flexibility index (Phi) is 3.29. The Labute approximate surface area is 117 Å². The number of rotatable bonds is 4. The normalized spacial score (nSPS) is 10.2. The van der Waals surface area contributed by atoms with Gasteiger partial charge in [0.15, 0.2) is 0 Å². The second kappa shape index (κ2) is 5.40. The first kappa shape index (κ1) is 12.2. The molecule has 0 fully saturated rings. The second-order valence-electron chi connectivity index (χ2n) is 4.40. The van der Waals surface area contributed by atoms with Crippen molar-refractivity contribution in [1.82, 2.24) is 14.9 Å². The maximum absolute atomic E-state index is 4.01. The number of nitrogens with zero attached hydrogens (tertiary/aromatic N) is 3. The first-order valence-corrected chi connectivity index (χ1v) is 6.29. The molecule has 0 amide bonds. The third-order valence-electron chi connectivity index (χ3n) is 3.02. The molecule has 0 bridgehead atoms. The predicted octanol–water partition coefficient (Wildman–Crippen LogP) is 3.16. The Hall–Kier alpha value is -2.88. The van der Waals surface area contributed by atoms with Crippen LogP contribution in [0.25, 0.3) is 16.8 Å². The fraction of sp³-hybridized carbons (Fsp3) is 0. The molecule has 4 nitrogen and oxygen atoms in total. The molecule has 3 aromatic rings. The van der Waals surface area contributed by atoms with Crippen LogP contribution in [0.5, 0.6) is 0 Å². The molecule has 0 aliphatic heterocycles. The topological polar surface area (TPSA) is 42.7 Å². The molecule has 0 aliphatic carbocycles. The molecule has 0 aliphatic rings. The van der Waals surface area contributed by atoms with Crippen LogP contribution in [0.15, 0.2) is 73.8 Å². The Morgan fingerprint density at radius 1 is 0.850 bits per heavy atom. The summed E-state index contributed by atoms with van der Waals surface area (Å²) in [4.78, 5) is 0. The zero-order valence-corrected chi connectivity index (χ0v) is 10.9. The van der Waals surface area contributed by atoms with E-state index in [0.29, 0.717) is 0 Å². The summed E-state index contributed by atoms with van der Waals surface area (Å²) in [6.45, 7) is 4.01. The maximum Gasteiger partial charge on any atom is 0.139 e. The fourth-order valence-electron chi connectivity index (χ4n) is 1.97. The molecule has 0 unspecified atom stereocenters. The van der Waals surface area contributed by atoms with Gasteiger partial charge in [0.2, 0.25) is 0 Å². The van der Waals surface area contributed by atoms with Gasteiger partial charge in [-0.1, -0.05) is 61.2 Å². The van der Waals surface area contributed by atoms with Crippen molar-refractivity contribution in [3.05, 3.63) is 79.4 Å². The van der Waals surface area contributed by atoms with Crippen LogP contribution in [0, 0.1) is 0 Å². The van der Waals surface area contributed by atoms with Gasteiger partial charge in [0.1, 0.15) is 12.7 Å². The number of nitrogens with one attached hydrogen (secondary N) is 1. The van der Waals surface area contributed by atoms with Crippen LogP contribution >= 0.6 is 0 Å². The van der Waals surface area contributed by atoms with E-state index in [0.717, 1.165) is 11.3 Å². The third-order valence-corrected chi connectivity index (χ3v) is 3.02. The van der Waals surface area contributed by atoms with Crippen LogP contribution in [0.1, 0.15) is 5.56 Å². The predicted molar refractivity (Wildman–Crippen MR) is 80.3 cm³/mol. The highest BCUT2D eigenvalue weighted by Gasteiger charge is 2.01. The van der Waals surface area contributed by atoms with Gasteiger partial charge in [-0.2, -0.15) is 0 Å². The lowest BCUT2D eigenvalue weighted by molar-refractivity contribution is 0.957. The van der Waals surface area contributed by atoms with Gasteiger partial charge >= 0.3 is 0 Å². The Balaban J connectivity index is 1.78. The van der Waals surface area contributed by atoms with Gasteiger partial charge in [0.05, 0.1) is 5.70 Å².